The highest BCUT2D eigenvalue weighted by molar-refractivity contribution is 9.09. The topological polar surface area (TPSA) is 42.6 Å². The van der Waals surface area contributed by atoms with Gasteiger partial charge in [-0.15, -0.1) is 0 Å². The molecule has 5 aliphatic rings. The van der Waals surface area contributed by atoms with Gasteiger partial charge in [0.15, 0.2) is 0 Å². The Bertz CT molecular complexity index is 457. The quantitative estimate of drug-likeness (QED) is 0.575. The monoisotopic (exact) mass is 353 g/mol. The third-order valence-corrected chi connectivity index (χ3v) is 7.20. The van der Waals surface area contributed by atoms with Gasteiger partial charge in [0.2, 0.25) is 0 Å². The molecule has 0 radical (unpaired) electrons. The van der Waals surface area contributed by atoms with Crippen molar-refractivity contribution >= 4 is 15.9 Å². The van der Waals surface area contributed by atoms with Crippen molar-refractivity contribution in [3.8, 4) is 0 Å². The Balaban J connectivity index is 1.57. The van der Waals surface area contributed by atoms with Crippen molar-refractivity contribution in [2.45, 2.75) is 67.6 Å². The Labute approximate surface area is 134 Å². The van der Waals surface area contributed by atoms with Crippen molar-refractivity contribution < 1.29 is 0 Å². The second kappa shape index (κ2) is 4.93. The molecule has 4 fully saturated rings. The van der Waals surface area contributed by atoms with Gasteiger partial charge in [-0.3, -0.25) is 0 Å². The molecule has 0 aromatic heterocycles. The Morgan fingerprint density at radius 1 is 1.10 bits per heavy atom. The van der Waals surface area contributed by atoms with Gasteiger partial charge in [0.05, 0.1) is 6.17 Å². The van der Waals surface area contributed by atoms with Gasteiger partial charge < -0.3 is 4.90 Å². The van der Waals surface area contributed by atoms with Gasteiger partial charge in [-0.05, 0) is 44.2 Å². The summed E-state index contributed by atoms with van der Waals surface area (Å²) in [5.41, 5.74) is 10.1. The summed E-state index contributed by atoms with van der Waals surface area (Å²) in [6.07, 6.45) is 13.3. The maximum atomic E-state index is 3.89. The van der Waals surface area contributed by atoms with E-state index in [1.807, 2.05) is 0 Å². The summed E-state index contributed by atoms with van der Waals surface area (Å²) in [5.74, 6) is 1.48. The molecule has 3 aliphatic heterocycles. The zero-order chi connectivity index (χ0) is 14.0. The zero-order valence-corrected chi connectivity index (χ0v) is 13.8. The number of halogens is 1. The van der Waals surface area contributed by atoms with Crippen LogP contribution in [-0.4, -0.2) is 39.0 Å². The second-order valence-electron chi connectivity index (χ2n) is 7.32. The normalized spacial score (nSPS) is 52.2. The zero-order valence-electron chi connectivity index (χ0n) is 12.2. The molecule has 5 rings (SSSR count). The third-order valence-electron chi connectivity index (χ3n) is 6.37. The van der Waals surface area contributed by atoms with Crippen LogP contribution in [0.25, 0.3) is 0 Å². The molecular formula is C15H24BrN5. The van der Waals surface area contributed by atoms with Gasteiger partial charge in [0, 0.05) is 28.9 Å². The average Bonchev–Trinajstić information content (AvgIpc) is 3.11. The molecule has 0 spiro atoms. The minimum Gasteiger partial charge on any atom is -0.369 e. The van der Waals surface area contributed by atoms with Gasteiger partial charge in [-0.2, -0.15) is 11.1 Å². The van der Waals surface area contributed by atoms with Crippen molar-refractivity contribution in [3.05, 3.63) is 12.3 Å². The van der Waals surface area contributed by atoms with Gasteiger partial charge in [-0.25, -0.2) is 10.4 Å². The molecule has 0 aromatic carbocycles. The first-order valence-corrected chi connectivity index (χ1v) is 9.39. The first-order chi connectivity index (χ1) is 10.3. The van der Waals surface area contributed by atoms with Crippen LogP contribution in [0.1, 0.15) is 38.5 Å². The van der Waals surface area contributed by atoms with E-state index in [1.54, 1.807) is 0 Å². The molecule has 2 saturated carbocycles. The molecule has 7 atom stereocenters. The highest BCUT2D eigenvalue weighted by Crippen LogP contribution is 2.47. The summed E-state index contributed by atoms with van der Waals surface area (Å²) >= 11 is 3.89. The minimum atomic E-state index is 0.432. The summed E-state index contributed by atoms with van der Waals surface area (Å²) in [7, 11) is 0. The second-order valence-corrected chi connectivity index (χ2v) is 8.61. The van der Waals surface area contributed by atoms with E-state index in [2.05, 4.69) is 54.6 Å². The average molecular weight is 354 g/mol. The number of hydrazine groups is 3. The molecule has 116 valence electrons. The third kappa shape index (κ3) is 1.89. The fourth-order valence-corrected chi connectivity index (χ4v) is 6.17. The molecule has 5 nitrogen and oxygen atoms in total. The highest BCUT2D eigenvalue weighted by Gasteiger charge is 2.54. The fourth-order valence-electron chi connectivity index (χ4n) is 5.52. The lowest BCUT2D eigenvalue weighted by molar-refractivity contribution is 0.0475. The van der Waals surface area contributed by atoms with Crippen LogP contribution in [0.2, 0.25) is 0 Å². The van der Waals surface area contributed by atoms with E-state index < -0.39 is 0 Å². The predicted molar refractivity (Wildman–Crippen MR) is 84.8 cm³/mol. The first-order valence-electron chi connectivity index (χ1n) is 8.47. The van der Waals surface area contributed by atoms with Crippen LogP contribution in [0.4, 0.5) is 0 Å². The molecule has 2 aliphatic carbocycles. The first kappa shape index (κ1) is 13.3. The van der Waals surface area contributed by atoms with Crippen molar-refractivity contribution in [1.82, 2.24) is 26.4 Å². The lowest BCUT2D eigenvalue weighted by Crippen LogP contribution is -2.56. The molecular weight excluding hydrogens is 330 g/mol. The standard InChI is InChI=1S/C15H24BrN5/c16-10-4-5-12-13(8-10)20-7-6-9-2-1-3-11(14(9)20)15-17-18-19-21(12)15/h6-7,9-15,17-19H,1-5,8H2. The van der Waals surface area contributed by atoms with E-state index in [9.17, 15) is 0 Å². The summed E-state index contributed by atoms with van der Waals surface area (Å²) < 4.78 is 0. The van der Waals surface area contributed by atoms with Crippen molar-refractivity contribution in [1.29, 1.82) is 0 Å². The number of hydrogen-bond acceptors (Lipinski definition) is 5. The van der Waals surface area contributed by atoms with Crippen LogP contribution < -0.4 is 16.5 Å². The Hall–Kier alpha value is -0.140. The molecule has 2 saturated heterocycles. The van der Waals surface area contributed by atoms with Crippen molar-refractivity contribution in [2.75, 3.05) is 0 Å². The molecule has 0 bridgehead atoms. The molecule has 21 heavy (non-hydrogen) atoms. The van der Waals surface area contributed by atoms with E-state index in [0.29, 0.717) is 35.0 Å². The van der Waals surface area contributed by atoms with E-state index >= 15 is 0 Å². The van der Waals surface area contributed by atoms with Crippen LogP contribution in [-0.2, 0) is 0 Å². The van der Waals surface area contributed by atoms with Crippen LogP contribution in [0.5, 0.6) is 0 Å². The molecule has 3 N–H and O–H groups in total. The smallest absolute Gasteiger partial charge is 0.0939 e. The maximum absolute atomic E-state index is 3.89. The van der Waals surface area contributed by atoms with Gasteiger partial charge in [-0.1, -0.05) is 28.4 Å². The molecule has 7 unspecified atom stereocenters. The Morgan fingerprint density at radius 3 is 3.00 bits per heavy atom. The molecule has 3 heterocycles. The van der Waals surface area contributed by atoms with Crippen molar-refractivity contribution in [3.63, 3.8) is 0 Å². The Kier molecular flexibility index (Phi) is 3.12. The van der Waals surface area contributed by atoms with Crippen molar-refractivity contribution in [2.24, 2.45) is 11.8 Å². The Morgan fingerprint density at radius 2 is 2.05 bits per heavy atom. The summed E-state index contributed by atoms with van der Waals surface area (Å²) in [5, 5.41) is 2.50. The van der Waals surface area contributed by atoms with Crippen LogP contribution in [0.15, 0.2) is 12.3 Å². The van der Waals surface area contributed by atoms with Crippen LogP contribution in [0.3, 0.4) is 0 Å². The number of hydrogen-bond donors (Lipinski definition) is 3. The number of rotatable bonds is 0. The lowest BCUT2D eigenvalue weighted by Gasteiger charge is -2.44. The molecule has 0 aromatic rings. The number of nitrogens with one attached hydrogen (secondary N) is 3. The fraction of sp³-hybridized carbons (Fsp3) is 0.867. The van der Waals surface area contributed by atoms with E-state index in [0.717, 1.165) is 5.92 Å². The SMILES string of the molecule is BrC1CCC2C(C1)N1C=CC3CCCC(C31)C1NNNN21. The summed E-state index contributed by atoms with van der Waals surface area (Å²) in [4.78, 5) is 3.42. The van der Waals surface area contributed by atoms with Gasteiger partial charge in [0.1, 0.15) is 0 Å². The highest BCUT2D eigenvalue weighted by atomic mass is 79.9. The van der Waals surface area contributed by atoms with Crippen LogP contribution in [0, 0.1) is 11.8 Å². The number of alkyl halides is 1. The minimum absolute atomic E-state index is 0.432. The lowest BCUT2D eigenvalue weighted by atomic mass is 9.76. The number of nitrogens with zero attached hydrogens (tertiary/aromatic N) is 2. The van der Waals surface area contributed by atoms with E-state index in [1.165, 1.54) is 38.5 Å². The molecule has 0 amide bonds. The van der Waals surface area contributed by atoms with Gasteiger partial charge in [0.25, 0.3) is 0 Å². The summed E-state index contributed by atoms with van der Waals surface area (Å²) in [6.45, 7) is 0. The maximum Gasteiger partial charge on any atom is 0.0939 e. The van der Waals surface area contributed by atoms with Crippen LogP contribution >= 0.6 is 15.9 Å². The predicted octanol–water partition coefficient (Wildman–Crippen LogP) is 1.45. The molecule has 6 heteroatoms. The number of fused-ring (bicyclic) bond motifs is 5. The van der Waals surface area contributed by atoms with E-state index in [-0.39, 0.29) is 0 Å². The largest absolute Gasteiger partial charge is 0.369 e. The van der Waals surface area contributed by atoms with Gasteiger partial charge >= 0.3 is 0 Å². The summed E-state index contributed by atoms with van der Waals surface area (Å²) in [6, 6.07) is 1.93. The van der Waals surface area contributed by atoms with E-state index in [4.69, 9.17) is 0 Å².